The number of aliphatic carboxylic acids is 2. The molecule has 14 heteroatoms. The second-order valence-corrected chi connectivity index (χ2v) is 6.71. The number of aromatic amines is 1. The fourth-order valence-electron chi connectivity index (χ4n) is 2.75. The van der Waals surface area contributed by atoms with E-state index < -0.39 is 29.4 Å². The van der Waals surface area contributed by atoms with Crippen LogP contribution >= 0.6 is 0 Å². The lowest BCUT2D eigenvalue weighted by Gasteiger charge is -2.14. The van der Waals surface area contributed by atoms with Crippen molar-refractivity contribution < 1.29 is 30.1 Å². The van der Waals surface area contributed by atoms with Crippen molar-refractivity contribution in [3.63, 3.8) is 0 Å². The Balaban J connectivity index is 0.00000385. The summed E-state index contributed by atoms with van der Waals surface area (Å²) in [6.07, 6.45) is 0.840. The zero-order valence-electron chi connectivity index (χ0n) is 17.0. The number of hydrogen-bond acceptors (Lipinski definition) is 9. The first-order chi connectivity index (χ1) is 15.2. The Labute approximate surface area is 185 Å². The average Bonchev–Trinajstić information content (AvgIpc) is 2.75. The van der Waals surface area contributed by atoms with Gasteiger partial charge in [-0.3, -0.25) is 19.4 Å². The number of aromatic nitrogens is 4. The zero-order valence-corrected chi connectivity index (χ0v) is 17.0. The van der Waals surface area contributed by atoms with Crippen LogP contribution in [0.5, 0.6) is 0 Å². The van der Waals surface area contributed by atoms with Crippen LogP contribution in [0.25, 0.3) is 11.2 Å². The highest BCUT2D eigenvalue weighted by atomic mass is 16.4. The molecular weight excluding hydrogens is 438 g/mol. The van der Waals surface area contributed by atoms with E-state index in [0.717, 1.165) is 0 Å². The van der Waals surface area contributed by atoms with Crippen LogP contribution in [0.2, 0.25) is 0 Å². The highest BCUT2D eigenvalue weighted by molar-refractivity contribution is 5.96. The Bertz CT molecular complexity index is 1230. The monoisotopic (exact) mass is 459 g/mol. The standard InChI is InChI=1S/C19H19N7O6.H2O/c20-19-25-15-14(17(30)26-19)23-11(8-22-15)7-21-10-3-1-9(2-4-10)16(29)24-12(18(31)32)5-6-13(27)28;/h1-4,8,12,21H,5-7H2,(H,24,29)(H,27,28)(H,31,32)(H3,20,22,25,26,30);1H2/t12-;/m1./s1. The summed E-state index contributed by atoms with van der Waals surface area (Å²) in [4.78, 5) is 60.6. The third kappa shape index (κ3) is 6.44. The number of nitrogens with one attached hydrogen (secondary N) is 3. The first-order valence-electron chi connectivity index (χ1n) is 9.33. The molecule has 1 amide bonds. The number of fused-ring (bicyclic) bond motifs is 1. The lowest BCUT2D eigenvalue weighted by atomic mass is 10.1. The van der Waals surface area contributed by atoms with E-state index in [9.17, 15) is 19.2 Å². The highest BCUT2D eigenvalue weighted by Gasteiger charge is 2.21. The summed E-state index contributed by atoms with van der Waals surface area (Å²) in [6.45, 7) is 0.231. The minimum absolute atomic E-state index is 0. The molecule has 0 aliphatic heterocycles. The Morgan fingerprint density at radius 1 is 1.12 bits per heavy atom. The van der Waals surface area contributed by atoms with Crippen LogP contribution in [-0.2, 0) is 16.1 Å². The molecule has 174 valence electrons. The van der Waals surface area contributed by atoms with E-state index in [4.69, 9.17) is 15.9 Å². The summed E-state index contributed by atoms with van der Waals surface area (Å²) >= 11 is 0. The summed E-state index contributed by atoms with van der Waals surface area (Å²) in [7, 11) is 0. The van der Waals surface area contributed by atoms with Crippen molar-refractivity contribution in [1.82, 2.24) is 25.3 Å². The zero-order chi connectivity index (χ0) is 23.3. The highest BCUT2D eigenvalue weighted by Crippen LogP contribution is 2.12. The van der Waals surface area contributed by atoms with Gasteiger partial charge in [0.05, 0.1) is 18.4 Å². The first kappa shape index (κ1) is 24.7. The van der Waals surface area contributed by atoms with Crippen LogP contribution in [0.1, 0.15) is 28.9 Å². The van der Waals surface area contributed by atoms with E-state index >= 15 is 0 Å². The molecule has 3 rings (SSSR count). The average molecular weight is 459 g/mol. The number of amides is 1. The van der Waals surface area contributed by atoms with E-state index in [1.807, 2.05) is 0 Å². The third-order valence-corrected chi connectivity index (χ3v) is 4.36. The van der Waals surface area contributed by atoms with Crippen molar-refractivity contribution >= 4 is 40.6 Å². The van der Waals surface area contributed by atoms with Gasteiger partial charge in [0.25, 0.3) is 11.5 Å². The van der Waals surface area contributed by atoms with Crippen LogP contribution in [0, 0.1) is 0 Å². The van der Waals surface area contributed by atoms with Crippen molar-refractivity contribution in [1.29, 1.82) is 0 Å². The molecule has 0 bridgehead atoms. The number of anilines is 2. The maximum absolute atomic E-state index is 12.3. The largest absolute Gasteiger partial charge is 0.481 e. The smallest absolute Gasteiger partial charge is 0.326 e. The minimum atomic E-state index is -1.31. The number of nitrogen functional groups attached to an aromatic ring is 1. The van der Waals surface area contributed by atoms with Crippen molar-refractivity contribution in [2.75, 3.05) is 11.1 Å². The Morgan fingerprint density at radius 2 is 1.82 bits per heavy atom. The number of carbonyl (C=O) groups is 3. The molecule has 0 radical (unpaired) electrons. The molecule has 0 saturated carbocycles. The molecule has 33 heavy (non-hydrogen) atoms. The first-order valence-corrected chi connectivity index (χ1v) is 9.33. The molecule has 0 aliphatic carbocycles. The lowest BCUT2D eigenvalue weighted by Crippen LogP contribution is -2.41. The molecule has 2 aromatic heterocycles. The normalized spacial score (nSPS) is 11.3. The van der Waals surface area contributed by atoms with Crippen LogP contribution in [0.3, 0.4) is 0 Å². The number of carbonyl (C=O) groups excluding carboxylic acids is 1. The van der Waals surface area contributed by atoms with Gasteiger partial charge in [-0.15, -0.1) is 0 Å². The molecule has 2 heterocycles. The quantitative estimate of drug-likeness (QED) is 0.229. The van der Waals surface area contributed by atoms with Gasteiger partial charge in [0, 0.05) is 17.7 Å². The Morgan fingerprint density at radius 3 is 2.45 bits per heavy atom. The SMILES string of the molecule is Nc1nc2ncc(CNc3ccc(C(=O)N[C@H](CCC(=O)O)C(=O)O)cc3)nc2c(=O)[nH]1.O. The Kier molecular flexibility index (Phi) is 7.95. The van der Waals surface area contributed by atoms with Gasteiger partial charge < -0.3 is 32.1 Å². The predicted octanol–water partition coefficient (Wildman–Crippen LogP) is -0.869. The summed E-state index contributed by atoms with van der Waals surface area (Å²) < 4.78 is 0. The van der Waals surface area contributed by atoms with Crippen LogP contribution in [-0.4, -0.2) is 59.5 Å². The molecule has 0 saturated heterocycles. The van der Waals surface area contributed by atoms with Crippen molar-refractivity contribution in [3.05, 3.63) is 52.1 Å². The number of carboxylic acids is 2. The maximum atomic E-state index is 12.3. The van der Waals surface area contributed by atoms with E-state index in [1.54, 1.807) is 12.1 Å². The van der Waals surface area contributed by atoms with Crippen LogP contribution in [0.4, 0.5) is 11.6 Å². The van der Waals surface area contributed by atoms with Gasteiger partial charge in [0.1, 0.15) is 6.04 Å². The van der Waals surface area contributed by atoms with Gasteiger partial charge in [-0.1, -0.05) is 0 Å². The molecular formula is C19H21N7O7. The molecule has 0 unspecified atom stereocenters. The van der Waals surface area contributed by atoms with E-state index in [1.165, 1.54) is 18.3 Å². The fourth-order valence-corrected chi connectivity index (χ4v) is 2.75. The van der Waals surface area contributed by atoms with Crippen molar-refractivity contribution in [2.24, 2.45) is 0 Å². The number of carboxylic acid groups (broad SMARTS) is 2. The van der Waals surface area contributed by atoms with Gasteiger partial charge >= 0.3 is 11.9 Å². The molecule has 0 fully saturated rings. The van der Waals surface area contributed by atoms with E-state index in [0.29, 0.717) is 11.4 Å². The van der Waals surface area contributed by atoms with Crippen molar-refractivity contribution in [2.45, 2.75) is 25.4 Å². The van der Waals surface area contributed by atoms with Gasteiger partial charge in [-0.05, 0) is 30.7 Å². The molecule has 9 N–H and O–H groups in total. The summed E-state index contributed by atoms with van der Waals surface area (Å²) in [5.74, 6) is -3.16. The van der Waals surface area contributed by atoms with Gasteiger partial charge in [0.15, 0.2) is 11.2 Å². The van der Waals surface area contributed by atoms with Gasteiger partial charge in [-0.25, -0.2) is 14.8 Å². The minimum Gasteiger partial charge on any atom is -0.481 e. The summed E-state index contributed by atoms with van der Waals surface area (Å²) in [5, 5.41) is 23.2. The number of H-pyrrole nitrogens is 1. The lowest BCUT2D eigenvalue weighted by molar-refractivity contribution is -0.140. The third-order valence-electron chi connectivity index (χ3n) is 4.36. The van der Waals surface area contributed by atoms with E-state index in [2.05, 4.69) is 30.6 Å². The summed E-state index contributed by atoms with van der Waals surface area (Å²) in [5.41, 5.74) is 6.47. The van der Waals surface area contributed by atoms with Gasteiger partial charge in [0.2, 0.25) is 5.95 Å². The molecule has 1 atom stereocenters. The maximum Gasteiger partial charge on any atom is 0.326 e. The second-order valence-electron chi connectivity index (χ2n) is 6.71. The fraction of sp³-hybridized carbons (Fsp3) is 0.211. The number of benzene rings is 1. The Hall–Kier alpha value is -4.59. The van der Waals surface area contributed by atoms with E-state index in [-0.39, 0.29) is 47.5 Å². The number of rotatable bonds is 9. The number of nitrogens with zero attached hydrogens (tertiary/aromatic N) is 3. The van der Waals surface area contributed by atoms with Crippen LogP contribution in [0.15, 0.2) is 35.3 Å². The molecule has 3 aromatic rings. The second kappa shape index (κ2) is 10.6. The molecule has 0 aliphatic rings. The topological polar surface area (TPSA) is 245 Å². The van der Waals surface area contributed by atoms with Crippen LogP contribution < -0.4 is 21.9 Å². The number of hydrogen-bond donors (Lipinski definition) is 6. The molecule has 1 aromatic carbocycles. The predicted molar refractivity (Wildman–Crippen MR) is 116 cm³/mol. The molecule has 14 nitrogen and oxygen atoms in total. The van der Waals surface area contributed by atoms with Crippen molar-refractivity contribution in [3.8, 4) is 0 Å². The number of nitrogens with two attached hydrogens (primary N) is 1. The molecule has 0 spiro atoms. The summed E-state index contributed by atoms with van der Waals surface area (Å²) in [6, 6.07) is 4.86. The van der Waals surface area contributed by atoms with Gasteiger partial charge in [-0.2, -0.15) is 4.98 Å².